The van der Waals surface area contributed by atoms with Crippen LogP contribution in [0.2, 0.25) is 0 Å². The smallest absolute Gasteiger partial charge is 0.0159 e. The molecule has 0 N–H and O–H groups in total. The fourth-order valence-corrected chi connectivity index (χ4v) is 2.53. The van der Waals surface area contributed by atoms with Crippen molar-refractivity contribution in [3.8, 4) is 11.1 Å². The summed E-state index contributed by atoms with van der Waals surface area (Å²) in [5.41, 5.74) is 5.55. The third-order valence-electron chi connectivity index (χ3n) is 3.37. The predicted octanol–water partition coefficient (Wildman–Crippen LogP) is 3.59. The van der Waals surface area contributed by atoms with E-state index in [-0.39, 0.29) is 5.41 Å². The summed E-state index contributed by atoms with van der Waals surface area (Å²) in [5.74, 6) is 0. The van der Waals surface area contributed by atoms with Gasteiger partial charge in [-0.25, -0.2) is 0 Å². The molecule has 0 heterocycles. The Kier molecular flexibility index (Phi) is 1.59. The fraction of sp³-hybridized carbons (Fsp3) is 0.200. The van der Waals surface area contributed by atoms with Gasteiger partial charge in [-0.3, -0.25) is 0 Å². The van der Waals surface area contributed by atoms with Gasteiger partial charge in [-0.1, -0.05) is 38.1 Å². The third kappa shape index (κ3) is 1.02. The molecule has 0 aliphatic heterocycles. The maximum atomic E-state index is 3.06. The molecule has 0 spiro atoms. The highest BCUT2D eigenvalue weighted by molar-refractivity contribution is 5.80. The first-order chi connectivity index (χ1) is 7.21. The lowest BCUT2D eigenvalue weighted by Gasteiger charge is -2.20. The van der Waals surface area contributed by atoms with Crippen LogP contribution in [0.5, 0.6) is 0 Å². The first-order valence-electron chi connectivity index (χ1n) is 5.23. The summed E-state index contributed by atoms with van der Waals surface area (Å²) in [6.45, 7) is 4.54. The van der Waals surface area contributed by atoms with Crippen molar-refractivity contribution in [3.63, 3.8) is 0 Å². The van der Waals surface area contributed by atoms with Gasteiger partial charge < -0.3 is 0 Å². The molecule has 1 aliphatic carbocycles. The van der Waals surface area contributed by atoms with Crippen LogP contribution in [0, 0.1) is 12.1 Å². The molecule has 3 rings (SSSR count). The molecule has 0 atom stereocenters. The summed E-state index contributed by atoms with van der Waals surface area (Å²) in [5, 5.41) is 0. The van der Waals surface area contributed by atoms with Gasteiger partial charge in [0.25, 0.3) is 0 Å². The molecule has 0 aromatic heterocycles. The van der Waals surface area contributed by atoms with E-state index in [1.54, 1.807) is 0 Å². The highest BCUT2D eigenvalue weighted by atomic mass is 14.4. The maximum Gasteiger partial charge on any atom is 0.0159 e. The predicted molar refractivity (Wildman–Crippen MR) is 61.7 cm³/mol. The summed E-state index contributed by atoms with van der Waals surface area (Å²) in [6.07, 6.45) is 0. The van der Waals surface area contributed by atoms with Crippen LogP contribution in [0.15, 0.2) is 36.4 Å². The summed E-state index contributed by atoms with van der Waals surface area (Å²) >= 11 is 0. The molecule has 0 saturated carbocycles. The zero-order chi connectivity index (χ0) is 10.5. The van der Waals surface area contributed by atoms with E-state index in [0.717, 1.165) is 0 Å². The Morgan fingerprint density at radius 3 is 2.47 bits per heavy atom. The minimum atomic E-state index is 0.109. The first kappa shape index (κ1) is 8.72. The van der Waals surface area contributed by atoms with Crippen molar-refractivity contribution in [3.05, 3.63) is 59.7 Å². The molecular formula is C15H12. The summed E-state index contributed by atoms with van der Waals surface area (Å²) in [7, 11) is 0. The maximum absolute atomic E-state index is 3.06. The SMILES string of the molecule is CC1(C)c2c[c][c]cc2-c2ccccc21. The highest BCUT2D eigenvalue weighted by Gasteiger charge is 2.34. The van der Waals surface area contributed by atoms with Crippen LogP contribution in [-0.4, -0.2) is 0 Å². The minimum Gasteiger partial charge on any atom is -0.0619 e. The van der Waals surface area contributed by atoms with Gasteiger partial charge in [-0.15, -0.1) is 0 Å². The number of benzene rings is 2. The van der Waals surface area contributed by atoms with Crippen LogP contribution in [0.4, 0.5) is 0 Å². The average Bonchev–Trinajstić information content (AvgIpc) is 2.51. The Labute approximate surface area is 90.6 Å². The Hall–Kier alpha value is -1.56. The zero-order valence-corrected chi connectivity index (χ0v) is 8.96. The molecule has 0 amide bonds. The second kappa shape index (κ2) is 2.73. The number of fused-ring (bicyclic) bond motifs is 3. The van der Waals surface area contributed by atoms with E-state index in [1.165, 1.54) is 22.3 Å². The fourth-order valence-electron chi connectivity index (χ4n) is 2.53. The van der Waals surface area contributed by atoms with Crippen molar-refractivity contribution in [2.24, 2.45) is 0 Å². The van der Waals surface area contributed by atoms with Gasteiger partial charge in [0.2, 0.25) is 0 Å². The van der Waals surface area contributed by atoms with E-state index in [1.807, 2.05) is 6.07 Å². The number of hydrogen-bond donors (Lipinski definition) is 0. The second-order valence-electron chi connectivity index (χ2n) is 4.58. The molecule has 15 heavy (non-hydrogen) atoms. The Balaban J connectivity index is 2.42. The van der Waals surface area contributed by atoms with Gasteiger partial charge in [-0.2, -0.15) is 0 Å². The van der Waals surface area contributed by atoms with Gasteiger partial charge in [0.05, 0.1) is 0 Å². The van der Waals surface area contributed by atoms with Crippen LogP contribution in [0.3, 0.4) is 0 Å². The molecule has 0 fully saturated rings. The van der Waals surface area contributed by atoms with Crippen LogP contribution >= 0.6 is 0 Å². The Bertz CT molecular complexity index is 474. The molecule has 0 saturated heterocycles. The average molecular weight is 192 g/mol. The minimum absolute atomic E-state index is 0.109. The van der Waals surface area contributed by atoms with Crippen molar-refractivity contribution in [1.82, 2.24) is 0 Å². The van der Waals surface area contributed by atoms with Gasteiger partial charge >= 0.3 is 0 Å². The van der Waals surface area contributed by atoms with Crippen molar-refractivity contribution < 1.29 is 0 Å². The van der Waals surface area contributed by atoms with E-state index in [2.05, 4.69) is 56.3 Å². The molecule has 72 valence electrons. The molecule has 2 radical (unpaired) electrons. The van der Waals surface area contributed by atoms with Crippen molar-refractivity contribution >= 4 is 0 Å². The Morgan fingerprint density at radius 2 is 1.60 bits per heavy atom. The zero-order valence-electron chi connectivity index (χ0n) is 8.96. The molecular weight excluding hydrogens is 180 g/mol. The highest BCUT2D eigenvalue weighted by Crippen LogP contribution is 2.47. The first-order valence-corrected chi connectivity index (χ1v) is 5.23. The van der Waals surface area contributed by atoms with E-state index >= 15 is 0 Å². The molecule has 0 bridgehead atoms. The van der Waals surface area contributed by atoms with Crippen LogP contribution in [0.25, 0.3) is 11.1 Å². The van der Waals surface area contributed by atoms with E-state index in [0.29, 0.717) is 0 Å². The summed E-state index contributed by atoms with van der Waals surface area (Å²) in [4.78, 5) is 0. The lowest BCUT2D eigenvalue weighted by atomic mass is 9.82. The molecule has 1 aliphatic rings. The van der Waals surface area contributed by atoms with E-state index < -0.39 is 0 Å². The summed E-state index contributed by atoms with van der Waals surface area (Å²) in [6, 6.07) is 18.8. The lowest BCUT2D eigenvalue weighted by Crippen LogP contribution is -2.14. The quantitative estimate of drug-likeness (QED) is 0.598. The standard InChI is InChI=1S/C15H12/c1-15(2)13-9-5-3-7-11(13)12-8-4-6-10-14(12)15/h3,5,7-10H,1-2H3. The van der Waals surface area contributed by atoms with Crippen LogP contribution in [0.1, 0.15) is 25.0 Å². The van der Waals surface area contributed by atoms with E-state index in [9.17, 15) is 0 Å². The van der Waals surface area contributed by atoms with Crippen LogP contribution in [-0.2, 0) is 5.41 Å². The van der Waals surface area contributed by atoms with Gasteiger partial charge in [0, 0.05) is 5.41 Å². The van der Waals surface area contributed by atoms with Crippen molar-refractivity contribution in [2.45, 2.75) is 19.3 Å². The van der Waals surface area contributed by atoms with Gasteiger partial charge in [0.15, 0.2) is 0 Å². The number of rotatable bonds is 0. The van der Waals surface area contributed by atoms with Crippen molar-refractivity contribution in [2.75, 3.05) is 0 Å². The third-order valence-corrected chi connectivity index (χ3v) is 3.37. The van der Waals surface area contributed by atoms with Crippen LogP contribution < -0.4 is 0 Å². The van der Waals surface area contributed by atoms with Gasteiger partial charge in [0.1, 0.15) is 0 Å². The molecule has 0 unspecified atom stereocenters. The molecule has 2 aromatic carbocycles. The monoisotopic (exact) mass is 192 g/mol. The summed E-state index contributed by atoms with van der Waals surface area (Å²) < 4.78 is 0. The normalized spacial score (nSPS) is 15.9. The van der Waals surface area contributed by atoms with E-state index in [4.69, 9.17) is 0 Å². The largest absolute Gasteiger partial charge is 0.0619 e. The van der Waals surface area contributed by atoms with Crippen molar-refractivity contribution in [1.29, 1.82) is 0 Å². The molecule has 0 heteroatoms. The Morgan fingerprint density at radius 1 is 0.867 bits per heavy atom. The second-order valence-corrected chi connectivity index (χ2v) is 4.58. The van der Waals surface area contributed by atoms with Gasteiger partial charge in [-0.05, 0) is 46.5 Å². The lowest BCUT2D eigenvalue weighted by molar-refractivity contribution is 0.660. The topological polar surface area (TPSA) is 0 Å². The number of hydrogen-bond acceptors (Lipinski definition) is 0. The molecule has 2 aromatic rings. The molecule has 0 nitrogen and oxygen atoms in total.